The third-order valence-electron chi connectivity index (χ3n) is 5.45. The number of halogens is 2. The first-order valence-corrected chi connectivity index (χ1v) is 12.2. The molecule has 0 fully saturated rings. The van der Waals surface area contributed by atoms with E-state index in [0.717, 1.165) is 26.9 Å². The van der Waals surface area contributed by atoms with Crippen molar-refractivity contribution < 1.29 is 4.39 Å². The molecule has 6 rings (SSSR count). The zero-order chi connectivity index (χ0) is 23.9. The lowest BCUT2D eigenvalue weighted by molar-refractivity contribution is 0.628. The van der Waals surface area contributed by atoms with Crippen LogP contribution < -0.4 is 10.1 Å². The highest BCUT2D eigenvalue weighted by atomic mass is 79.9. The van der Waals surface area contributed by atoms with Gasteiger partial charge >= 0.3 is 0 Å². The van der Waals surface area contributed by atoms with Crippen molar-refractivity contribution >= 4 is 38.3 Å². The zero-order valence-corrected chi connectivity index (χ0v) is 20.4. The quantitative estimate of drug-likeness (QED) is 0.309. The minimum atomic E-state index is -0.323. The Labute approximate surface area is 210 Å². The molecule has 0 N–H and O–H groups in total. The topological polar surface area (TPSA) is 65.1 Å². The number of benzene rings is 3. The molecular formula is C26H15BrFN5OS. The predicted octanol–water partition coefficient (Wildman–Crippen LogP) is 5.12. The van der Waals surface area contributed by atoms with Gasteiger partial charge in [0.25, 0.3) is 5.56 Å². The molecular weight excluding hydrogens is 529 g/mol. The Morgan fingerprint density at radius 1 is 0.886 bits per heavy atom. The number of aromatic nitrogens is 5. The molecule has 3 heterocycles. The monoisotopic (exact) mass is 543 g/mol. The minimum Gasteiger partial charge on any atom is -0.266 e. The van der Waals surface area contributed by atoms with E-state index in [4.69, 9.17) is 5.10 Å². The van der Waals surface area contributed by atoms with Gasteiger partial charge in [-0.15, -0.1) is 5.10 Å². The van der Waals surface area contributed by atoms with Crippen molar-refractivity contribution in [3.63, 3.8) is 0 Å². The minimum absolute atomic E-state index is 0.252. The average molecular weight is 544 g/mol. The van der Waals surface area contributed by atoms with E-state index in [9.17, 15) is 9.18 Å². The van der Waals surface area contributed by atoms with Crippen molar-refractivity contribution in [1.29, 1.82) is 0 Å². The first kappa shape index (κ1) is 21.6. The van der Waals surface area contributed by atoms with Gasteiger partial charge in [-0.25, -0.2) is 9.07 Å². The van der Waals surface area contributed by atoms with E-state index in [1.165, 1.54) is 28.0 Å². The van der Waals surface area contributed by atoms with Crippen LogP contribution in [-0.2, 0) is 0 Å². The average Bonchev–Trinajstić information content (AvgIpc) is 3.56. The van der Waals surface area contributed by atoms with Crippen LogP contribution in [0.5, 0.6) is 0 Å². The van der Waals surface area contributed by atoms with Gasteiger partial charge in [-0.05, 0) is 54.6 Å². The summed E-state index contributed by atoms with van der Waals surface area (Å²) in [5.41, 5.74) is 3.57. The highest BCUT2D eigenvalue weighted by molar-refractivity contribution is 9.10. The van der Waals surface area contributed by atoms with E-state index < -0.39 is 0 Å². The zero-order valence-electron chi connectivity index (χ0n) is 18.0. The molecule has 0 saturated carbocycles. The summed E-state index contributed by atoms with van der Waals surface area (Å²) in [7, 11) is 0. The lowest BCUT2D eigenvalue weighted by Gasteiger charge is -2.00. The summed E-state index contributed by atoms with van der Waals surface area (Å²) in [4.78, 5) is 18.2. The fourth-order valence-corrected chi connectivity index (χ4v) is 4.90. The molecule has 0 unspecified atom stereocenters. The second-order valence-corrected chi connectivity index (χ2v) is 9.70. The summed E-state index contributed by atoms with van der Waals surface area (Å²) in [5, 5.41) is 9.16. The first-order valence-electron chi connectivity index (χ1n) is 10.6. The molecule has 35 heavy (non-hydrogen) atoms. The Kier molecular flexibility index (Phi) is 5.35. The van der Waals surface area contributed by atoms with Crippen LogP contribution in [0.2, 0.25) is 0 Å². The Bertz CT molecular complexity index is 1770. The summed E-state index contributed by atoms with van der Waals surface area (Å²) < 4.78 is 18.1. The molecule has 6 nitrogen and oxygen atoms in total. The second-order valence-electron chi connectivity index (χ2n) is 7.77. The van der Waals surface area contributed by atoms with Crippen LogP contribution >= 0.6 is 27.3 Å². The molecule has 0 aliphatic carbocycles. The van der Waals surface area contributed by atoms with Crippen LogP contribution in [0.15, 0.2) is 94.3 Å². The summed E-state index contributed by atoms with van der Waals surface area (Å²) in [6.07, 6.45) is 3.64. The highest BCUT2D eigenvalue weighted by Gasteiger charge is 2.15. The van der Waals surface area contributed by atoms with Crippen molar-refractivity contribution in [2.24, 2.45) is 0 Å². The SMILES string of the molecule is O=c1c(=Cc2cn(-c3ccccc3)nc2-c2ccc(F)cc2)sc2nc(-c3ccc(Br)cc3)nn12. The van der Waals surface area contributed by atoms with Gasteiger partial charge in [0.1, 0.15) is 11.5 Å². The van der Waals surface area contributed by atoms with Crippen molar-refractivity contribution in [2.75, 3.05) is 0 Å². The molecule has 0 amide bonds. The molecule has 0 aliphatic rings. The Hall–Kier alpha value is -3.95. The van der Waals surface area contributed by atoms with Crippen molar-refractivity contribution in [3.8, 4) is 28.3 Å². The molecule has 0 aliphatic heterocycles. The largest absolute Gasteiger partial charge is 0.291 e. The van der Waals surface area contributed by atoms with E-state index in [0.29, 0.717) is 21.0 Å². The van der Waals surface area contributed by atoms with Crippen molar-refractivity contribution in [3.05, 3.63) is 116 Å². The molecule has 0 atom stereocenters. The van der Waals surface area contributed by atoms with E-state index in [1.807, 2.05) is 60.8 Å². The van der Waals surface area contributed by atoms with Gasteiger partial charge in [-0.1, -0.05) is 57.6 Å². The van der Waals surface area contributed by atoms with Crippen LogP contribution in [0, 0.1) is 5.82 Å². The Balaban J connectivity index is 1.48. The van der Waals surface area contributed by atoms with Gasteiger partial charge in [0.05, 0.1) is 10.2 Å². The Morgan fingerprint density at radius 3 is 2.31 bits per heavy atom. The molecule has 3 aromatic carbocycles. The maximum Gasteiger partial charge on any atom is 0.291 e. The van der Waals surface area contributed by atoms with Gasteiger partial charge in [0, 0.05) is 27.4 Å². The molecule has 3 aromatic heterocycles. The smallest absolute Gasteiger partial charge is 0.266 e. The number of para-hydroxylation sites is 1. The van der Waals surface area contributed by atoms with Crippen LogP contribution in [0.4, 0.5) is 4.39 Å². The van der Waals surface area contributed by atoms with Crippen LogP contribution in [0.3, 0.4) is 0 Å². The number of hydrogen-bond acceptors (Lipinski definition) is 5. The summed E-state index contributed by atoms with van der Waals surface area (Å²) >= 11 is 4.68. The number of thiazole rings is 1. The molecule has 6 aromatic rings. The number of nitrogens with zero attached hydrogens (tertiary/aromatic N) is 5. The molecule has 0 bridgehead atoms. The standard InChI is InChI=1S/C26H15BrFN5OS/c27-19-10-6-17(7-11-19)24-29-26-33(31-24)25(34)22(35-26)14-18-15-32(21-4-2-1-3-5-21)30-23(18)16-8-12-20(28)13-9-16/h1-15H. The fourth-order valence-electron chi connectivity index (χ4n) is 3.73. The predicted molar refractivity (Wildman–Crippen MR) is 138 cm³/mol. The maximum atomic E-state index is 13.5. The van der Waals surface area contributed by atoms with E-state index >= 15 is 0 Å². The van der Waals surface area contributed by atoms with E-state index in [-0.39, 0.29) is 11.4 Å². The van der Waals surface area contributed by atoms with Gasteiger partial charge in [-0.3, -0.25) is 4.79 Å². The van der Waals surface area contributed by atoms with E-state index in [2.05, 4.69) is 26.0 Å². The van der Waals surface area contributed by atoms with Gasteiger partial charge in [-0.2, -0.15) is 14.6 Å². The van der Waals surface area contributed by atoms with Gasteiger partial charge < -0.3 is 0 Å². The van der Waals surface area contributed by atoms with Gasteiger partial charge in [0.2, 0.25) is 4.96 Å². The fraction of sp³-hybridized carbons (Fsp3) is 0. The summed E-state index contributed by atoms with van der Waals surface area (Å²) in [6, 6.07) is 23.4. The first-order chi connectivity index (χ1) is 17.0. The summed E-state index contributed by atoms with van der Waals surface area (Å²) in [6.45, 7) is 0. The highest BCUT2D eigenvalue weighted by Crippen LogP contribution is 2.25. The second kappa shape index (κ2) is 8.68. The van der Waals surface area contributed by atoms with Gasteiger partial charge in [0.15, 0.2) is 5.82 Å². The number of fused-ring (bicyclic) bond motifs is 1. The van der Waals surface area contributed by atoms with Crippen LogP contribution in [0.25, 0.3) is 39.4 Å². The maximum absolute atomic E-state index is 13.5. The summed E-state index contributed by atoms with van der Waals surface area (Å²) in [5.74, 6) is 0.173. The van der Waals surface area contributed by atoms with Crippen molar-refractivity contribution in [2.45, 2.75) is 0 Å². The molecule has 0 saturated heterocycles. The van der Waals surface area contributed by atoms with Crippen molar-refractivity contribution in [1.82, 2.24) is 24.4 Å². The van der Waals surface area contributed by atoms with E-state index in [1.54, 1.807) is 22.9 Å². The molecule has 170 valence electrons. The Morgan fingerprint density at radius 2 is 1.60 bits per heavy atom. The normalized spacial score (nSPS) is 12.0. The number of hydrogen-bond donors (Lipinski definition) is 0. The molecule has 9 heteroatoms. The third-order valence-corrected chi connectivity index (χ3v) is 6.94. The molecule has 0 radical (unpaired) electrons. The lowest BCUT2D eigenvalue weighted by Crippen LogP contribution is -2.23. The lowest BCUT2D eigenvalue weighted by atomic mass is 10.1. The molecule has 0 spiro atoms. The third kappa shape index (κ3) is 4.09. The number of rotatable bonds is 4. The van der Waals surface area contributed by atoms with Crippen LogP contribution in [0.1, 0.15) is 5.56 Å². The van der Waals surface area contributed by atoms with Crippen LogP contribution in [-0.4, -0.2) is 24.4 Å².